The Hall–Kier alpha value is -0.150. The quantitative estimate of drug-likeness (QED) is 0.617. The van der Waals surface area contributed by atoms with Gasteiger partial charge in [0.05, 0.1) is 0 Å². The Labute approximate surface area is 146 Å². The largest absolute Gasteiger partial charge is 0.320 e. The van der Waals surface area contributed by atoms with Crippen molar-refractivity contribution < 1.29 is 4.48 Å². The summed E-state index contributed by atoms with van der Waals surface area (Å²) in [5.41, 5.74) is 0. The van der Waals surface area contributed by atoms with Gasteiger partial charge in [0.25, 0.3) is 0 Å². The van der Waals surface area contributed by atoms with Crippen molar-refractivity contribution in [1.29, 1.82) is 0 Å². The van der Waals surface area contributed by atoms with E-state index in [0.29, 0.717) is 13.1 Å². The van der Waals surface area contributed by atoms with Crippen LogP contribution in [0.5, 0.6) is 0 Å². The lowest BCUT2D eigenvalue weighted by Crippen LogP contribution is -2.36. The zero-order valence-electron chi connectivity index (χ0n) is 17.1. The maximum absolute atomic E-state index is 12.7. The van der Waals surface area contributed by atoms with Gasteiger partial charge in [0.1, 0.15) is 0 Å². The van der Waals surface area contributed by atoms with E-state index in [1.54, 1.807) is 0 Å². The fraction of sp³-hybridized carbons (Fsp3) is 1.00. The van der Waals surface area contributed by atoms with Crippen molar-refractivity contribution in [3.05, 3.63) is 0 Å². The standard InChI is InChI=1S/C10H18FN.C3H9N.C3H6.2C2H6/c1-8-6-10(7-8)9-2-4-12(11)5-3-9;1-3-4-2;1-2-3-1;2*1-2/h8-10H,2-7H2,1H3;4H,3H2,1-2H3;1-3H2;2*1-2H3. The molecule has 0 aromatic carbocycles. The molecule has 0 aromatic rings. The Balaban J connectivity index is 0. The Morgan fingerprint density at radius 3 is 1.57 bits per heavy atom. The Bertz CT molecular complexity index is 203. The maximum atomic E-state index is 12.7. The average molecular weight is 333 g/mol. The monoisotopic (exact) mass is 332 g/mol. The van der Waals surface area contributed by atoms with Crippen LogP contribution >= 0.6 is 0 Å². The first-order chi connectivity index (χ1) is 11.2. The number of nitrogens with zero attached hydrogens (tertiary/aromatic N) is 1. The fourth-order valence-electron chi connectivity index (χ4n) is 2.69. The number of rotatable bonds is 2. The van der Waals surface area contributed by atoms with Gasteiger partial charge in [0.2, 0.25) is 0 Å². The van der Waals surface area contributed by atoms with Gasteiger partial charge in [-0.05, 0) is 57.0 Å². The summed E-state index contributed by atoms with van der Waals surface area (Å²) in [7, 11) is 1.93. The van der Waals surface area contributed by atoms with E-state index in [1.807, 2.05) is 34.7 Å². The minimum atomic E-state index is 0.676. The second kappa shape index (κ2) is 18.2. The second-order valence-corrected chi connectivity index (χ2v) is 6.35. The summed E-state index contributed by atoms with van der Waals surface area (Å²) in [6.07, 6.45) is 9.48. The third-order valence-electron chi connectivity index (χ3n) is 4.27. The SMILES string of the molecule is C1CC1.CC.CC.CC1CC(C2CCN(F)CC2)C1.CCNC. The highest BCUT2D eigenvalue weighted by Crippen LogP contribution is 2.42. The zero-order chi connectivity index (χ0) is 18.1. The molecule has 1 heterocycles. The average Bonchev–Trinajstić information content (AvgIpc) is 3.46. The molecule has 2 saturated carbocycles. The molecule has 3 fully saturated rings. The van der Waals surface area contributed by atoms with Crippen LogP contribution in [-0.4, -0.2) is 31.8 Å². The Morgan fingerprint density at radius 1 is 0.913 bits per heavy atom. The molecule has 2 aliphatic carbocycles. The smallest absolute Gasteiger partial charge is 0.0293 e. The lowest BCUT2D eigenvalue weighted by molar-refractivity contribution is -0.0300. The molecule has 1 saturated heterocycles. The molecule has 3 aliphatic rings. The number of halogens is 1. The number of piperidine rings is 1. The van der Waals surface area contributed by atoms with E-state index in [-0.39, 0.29) is 0 Å². The molecule has 0 amide bonds. The van der Waals surface area contributed by atoms with Gasteiger partial charge in [-0.3, -0.25) is 0 Å². The normalized spacial score (nSPS) is 25.6. The molecular weight excluding hydrogens is 287 g/mol. The topological polar surface area (TPSA) is 15.3 Å². The summed E-state index contributed by atoms with van der Waals surface area (Å²) in [5, 5.41) is 3.90. The van der Waals surface area contributed by atoms with Gasteiger partial charge in [-0.1, -0.05) is 60.8 Å². The van der Waals surface area contributed by atoms with Crippen molar-refractivity contribution in [2.45, 2.75) is 86.5 Å². The maximum Gasteiger partial charge on any atom is 0.0293 e. The van der Waals surface area contributed by atoms with Crippen molar-refractivity contribution in [3.63, 3.8) is 0 Å². The van der Waals surface area contributed by atoms with E-state index in [9.17, 15) is 4.48 Å². The van der Waals surface area contributed by atoms with Crippen molar-refractivity contribution in [2.75, 3.05) is 26.7 Å². The second-order valence-electron chi connectivity index (χ2n) is 6.35. The van der Waals surface area contributed by atoms with E-state index < -0.39 is 0 Å². The lowest BCUT2D eigenvalue weighted by atomic mass is 9.67. The summed E-state index contributed by atoms with van der Waals surface area (Å²) < 4.78 is 12.7. The molecule has 0 unspecified atom stereocenters. The zero-order valence-corrected chi connectivity index (χ0v) is 17.1. The Morgan fingerprint density at radius 2 is 1.30 bits per heavy atom. The minimum Gasteiger partial charge on any atom is -0.320 e. The van der Waals surface area contributed by atoms with Crippen LogP contribution in [0.1, 0.15) is 86.5 Å². The molecule has 1 aliphatic heterocycles. The minimum absolute atomic E-state index is 0.676. The highest BCUT2D eigenvalue weighted by atomic mass is 19.2. The predicted octanol–water partition coefficient (Wildman–Crippen LogP) is 6.08. The molecular formula is C20H45FN2. The highest BCUT2D eigenvalue weighted by Gasteiger charge is 2.34. The van der Waals surface area contributed by atoms with Gasteiger partial charge in [-0.25, -0.2) is 0 Å². The van der Waals surface area contributed by atoms with E-state index in [4.69, 9.17) is 0 Å². The van der Waals surface area contributed by atoms with Gasteiger partial charge in [-0.2, -0.15) is 0 Å². The molecule has 142 valence electrons. The van der Waals surface area contributed by atoms with E-state index >= 15 is 0 Å². The number of hydrogen-bond acceptors (Lipinski definition) is 2. The molecule has 3 heteroatoms. The third kappa shape index (κ3) is 15.1. The predicted molar refractivity (Wildman–Crippen MR) is 103 cm³/mol. The van der Waals surface area contributed by atoms with Gasteiger partial charge in [-0.15, -0.1) is 9.60 Å². The molecule has 2 nitrogen and oxygen atoms in total. The molecule has 1 N–H and O–H groups in total. The van der Waals surface area contributed by atoms with Gasteiger partial charge in [0.15, 0.2) is 0 Å². The molecule has 23 heavy (non-hydrogen) atoms. The van der Waals surface area contributed by atoms with Crippen LogP contribution in [0, 0.1) is 17.8 Å². The van der Waals surface area contributed by atoms with Crippen LogP contribution in [0.25, 0.3) is 0 Å². The lowest BCUT2D eigenvalue weighted by Gasteiger charge is -2.41. The molecule has 3 rings (SSSR count). The first-order valence-electron chi connectivity index (χ1n) is 10.2. The first kappa shape index (κ1) is 25.1. The molecule has 0 radical (unpaired) electrons. The molecule has 0 atom stereocenters. The summed E-state index contributed by atoms with van der Waals surface area (Å²) in [4.78, 5) is 0. The van der Waals surface area contributed by atoms with Crippen molar-refractivity contribution >= 4 is 0 Å². The number of hydrogen-bond donors (Lipinski definition) is 1. The molecule has 0 bridgehead atoms. The van der Waals surface area contributed by atoms with Crippen LogP contribution in [-0.2, 0) is 0 Å². The van der Waals surface area contributed by atoms with Crippen LogP contribution < -0.4 is 5.32 Å². The Kier molecular flexibility index (Phi) is 19.8. The van der Waals surface area contributed by atoms with Crippen molar-refractivity contribution in [1.82, 2.24) is 10.4 Å². The fourth-order valence-corrected chi connectivity index (χ4v) is 2.69. The van der Waals surface area contributed by atoms with E-state index in [1.165, 1.54) is 32.1 Å². The van der Waals surface area contributed by atoms with Gasteiger partial charge < -0.3 is 5.32 Å². The van der Waals surface area contributed by atoms with Gasteiger partial charge in [0, 0.05) is 13.1 Å². The number of nitrogens with one attached hydrogen (secondary N) is 1. The van der Waals surface area contributed by atoms with Crippen LogP contribution in [0.4, 0.5) is 4.48 Å². The summed E-state index contributed by atoms with van der Waals surface area (Å²) in [6.45, 7) is 14.8. The van der Waals surface area contributed by atoms with Crippen LogP contribution in [0.3, 0.4) is 0 Å². The highest BCUT2D eigenvalue weighted by molar-refractivity contribution is 4.84. The first-order valence-corrected chi connectivity index (χ1v) is 10.2. The summed E-state index contributed by atoms with van der Waals surface area (Å²) >= 11 is 0. The molecule has 0 aromatic heterocycles. The molecule has 0 spiro atoms. The third-order valence-corrected chi connectivity index (χ3v) is 4.27. The van der Waals surface area contributed by atoms with Crippen molar-refractivity contribution in [3.8, 4) is 0 Å². The summed E-state index contributed by atoms with van der Waals surface area (Å²) in [5.74, 6) is 2.72. The van der Waals surface area contributed by atoms with Crippen LogP contribution in [0.2, 0.25) is 0 Å². The summed E-state index contributed by atoms with van der Waals surface area (Å²) in [6, 6.07) is 0. The van der Waals surface area contributed by atoms with E-state index in [0.717, 1.165) is 42.3 Å². The van der Waals surface area contributed by atoms with E-state index in [2.05, 4.69) is 19.2 Å². The van der Waals surface area contributed by atoms with Crippen LogP contribution in [0.15, 0.2) is 0 Å². The van der Waals surface area contributed by atoms with Crippen molar-refractivity contribution in [2.24, 2.45) is 17.8 Å². The van der Waals surface area contributed by atoms with Gasteiger partial charge >= 0.3 is 0 Å².